The molecule has 0 aliphatic carbocycles. The standard InChI is InChI=1S/C15H33NO2/c1-3-5-7-9-11-15(16,18-14-13-17)12-10-8-6-4-2/h17H,3-14,16H2,1-2H3. The number of unbranched alkanes of at least 4 members (excludes halogenated alkanes) is 6. The van der Waals surface area contributed by atoms with Gasteiger partial charge in [-0.2, -0.15) is 0 Å². The minimum absolute atomic E-state index is 0.0584. The lowest BCUT2D eigenvalue weighted by atomic mass is 9.98. The van der Waals surface area contributed by atoms with Gasteiger partial charge in [-0.15, -0.1) is 0 Å². The van der Waals surface area contributed by atoms with E-state index in [0.717, 1.165) is 25.7 Å². The highest BCUT2D eigenvalue weighted by molar-refractivity contribution is 4.73. The Morgan fingerprint density at radius 2 is 1.39 bits per heavy atom. The lowest BCUT2D eigenvalue weighted by molar-refractivity contribution is -0.0677. The van der Waals surface area contributed by atoms with Crippen molar-refractivity contribution in [1.82, 2.24) is 0 Å². The summed E-state index contributed by atoms with van der Waals surface area (Å²) in [5, 5.41) is 8.87. The van der Waals surface area contributed by atoms with Gasteiger partial charge in [0.1, 0.15) is 5.72 Å². The van der Waals surface area contributed by atoms with E-state index >= 15 is 0 Å². The fraction of sp³-hybridized carbons (Fsp3) is 1.00. The first-order valence-electron chi connectivity index (χ1n) is 7.72. The van der Waals surface area contributed by atoms with Crippen LogP contribution in [0, 0.1) is 0 Å². The second kappa shape index (κ2) is 11.9. The van der Waals surface area contributed by atoms with Crippen LogP contribution in [0.3, 0.4) is 0 Å². The van der Waals surface area contributed by atoms with Crippen LogP contribution in [0.4, 0.5) is 0 Å². The maximum Gasteiger partial charge on any atom is 0.116 e. The molecule has 3 heteroatoms. The van der Waals surface area contributed by atoms with Crippen molar-refractivity contribution in [2.75, 3.05) is 13.2 Å². The van der Waals surface area contributed by atoms with Crippen molar-refractivity contribution in [3.05, 3.63) is 0 Å². The molecule has 0 aromatic rings. The number of aliphatic hydroxyl groups is 1. The number of ether oxygens (including phenoxy) is 1. The highest BCUT2D eigenvalue weighted by Crippen LogP contribution is 2.22. The SMILES string of the molecule is CCCCCCC(N)(CCCCCC)OCCO. The summed E-state index contributed by atoms with van der Waals surface area (Å²) in [6.45, 7) is 4.84. The molecule has 0 rings (SSSR count). The van der Waals surface area contributed by atoms with Gasteiger partial charge in [-0.25, -0.2) is 0 Å². The van der Waals surface area contributed by atoms with Crippen LogP contribution in [-0.2, 0) is 4.74 Å². The molecule has 3 nitrogen and oxygen atoms in total. The zero-order valence-electron chi connectivity index (χ0n) is 12.4. The average molecular weight is 259 g/mol. The Kier molecular flexibility index (Phi) is 11.9. The fourth-order valence-corrected chi connectivity index (χ4v) is 2.22. The molecule has 0 bridgehead atoms. The Morgan fingerprint density at radius 3 is 1.78 bits per heavy atom. The molecule has 0 saturated heterocycles. The van der Waals surface area contributed by atoms with E-state index in [1.807, 2.05) is 0 Å². The van der Waals surface area contributed by atoms with Gasteiger partial charge in [0.25, 0.3) is 0 Å². The molecule has 3 N–H and O–H groups in total. The molecule has 0 saturated carbocycles. The summed E-state index contributed by atoms with van der Waals surface area (Å²) in [6, 6.07) is 0. The van der Waals surface area contributed by atoms with Crippen molar-refractivity contribution in [2.24, 2.45) is 5.73 Å². The lowest BCUT2D eigenvalue weighted by Gasteiger charge is -2.30. The smallest absolute Gasteiger partial charge is 0.116 e. The van der Waals surface area contributed by atoms with E-state index < -0.39 is 5.72 Å². The van der Waals surface area contributed by atoms with Crippen LogP contribution >= 0.6 is 0 Å². The minimum Gasteiger partial charge on any atom is -0.394 e. The Balaban J connectivity index is 3.90. The van der Waals surface area contributed by atoms with Gasteiger partial charge in [0.15, 0.2) is 0 Å². The molecule has 0 unspecified atom stereocenters. The third kappa shape index (κ3) is 9.86. The van der Waals surface area contributed by atoms with Gasteiger partial charge in [-0.05, 0) is 25.7 Å². The maximum atomic E-state index is 8.87. The maximum absolute atomic E-state index is 8.87. The highest BCUT2D eigenvalue weighted by atomic mass is 16.5. The molecule has 110 valence electrons. The second-order valence-corrected chi connectivity index (χ2v) is 5.26. The predicted octanol–water partition coefficient (Wildman–Crippen LogP) is 3.59. The third-order valence-corrected chi connectivity index (χ3v) is 3.39. The third-order valence-electron chi connectivity index (χ3n) is 3.39. The highest BCUT2D eigenvalue weighted by Gasteiger charge is 2.24. The van der Waals surface area contributed by atoms with Gasteiger partial charge in [-0.1, -0.05) is 52.4 Å². The Hall–Kier alpha value is -0.120. The van der Waals surface area contributed by atoms with Gasteiger partial charge in [-0.3, -0.25) is 0 Å². The monoisotopic (exact) mass is 259 g/mol. The van der Waals surface area contributed by atoms with E-state index in [1.54, 1.807) is 0 Å². The van der Waals surface area contributed by atoms with Crippen molar-refractivity contribution in [3.8, 4) is 0 Å². The van der Waals surface area contributed by atoms with Crippen LogP contribution in [0.15, 0.2) is 0 Å². The zero-order chi connectivity index (χ0) is 13.7. The molecule has 0 aromatic carbocycles. The van der Waals surface area contributed by atoms with E-state index in [-0.39, 0.29) is 6.61 Å². The number of rotatable bonds is 13. The van der Waals surface area contributed by atoms with Crippen molar-refractivity contribution in [3.63, 3.8) is 0 Å². The number of hydrogen-bond acceptors (Lipinski definition) is 3. The summed E-state index contributed by atoms with van der Waals surface area (Å²) in [5.74, 6) is 0. The minimum atomic E-state index is -0.510. The first kappa shape index (κ1) is 17.9. The molecule has 0 heterocycles. The Bertz CT molecular complexity index is 162. The molecule has 0 radical (unpaired) electrons. The van der Waals surface area contributed by atoms with E-state index in [2.05, 4.69) is 13.8 Å². The largest absolute Gasteiger partial charge is 0.394 e. The van der Waals surface area contributed by atoms with E-state index in [0.29, 0.717) is 6.61 Å². The lowest BCUT2D eigenvalue weighted by Crippen LogP contribution is -2.43. The van der Waals surface area contributed by atoms with Crippen LogP contribution in [0.1, 0.15) is 78.1 Å². The summed E-state index contributed by atoms with van der Waals surface area (Å²) in [4.78, 5) is 0. The van der Waals surface area contributed by atoms with Crippen LogP contribution in [0.2, 0.25) is 0 Å². The normalized spacial score (nSPS) is 12.0. The van der Waals surface area contributed by atoms with E-state index in [9.17, 15) is 0 Å². The summed E-state index contributed by atoms with van der Waals surface area (Å²) in [6.07, 6.45) is 11.6. The summed E-state index contributed by atoms with van der Waals surface area (Å²) in [7, 11) is 0. The van der Waals surface area contributed by atoms with Gasteiger partial charge in [0.2, 0.25) is 0 Å². The quantitative estimate of drug-likeness (QED) is 0.392. The number of nitrogens with two attached hydrogens (primary N) is 1. The topological polar surface area (TPSA) is 55.5 Å². The molecule has 0 aromatic heterocycles. The van der Waals surface area contributed by atoms with Crippen LogP contribution in [-0.4, -0.2) is 24.0 Å². The summed E-state index contributed by atoms with van der Waals surface area (Å²) >= 11 is 0. The number of aliphatic hydroxyl groups excluding tert-OH is 1. The zero-order valence-corrected chi connectivity index (χ0v) is 12.4. The number of hydrogen-bond donors (Lipinski definition) is 2. The van der Waals surface area contributed by atoms with Crippen molar-refractivity contribution < 1.29 is 9.84 Å². The van der Waals surface area contributed by atoms with E-state index in [4.69, 9.17) is 15.6 Å². The molecule has 0 spiro atoms. The summed E-state index contributed by atoms with van der Waals surface area (Å²) < 4.78 is 5.67. The Morgan fingerprint density at radius 1 is 0.889 bits per heavy atom. The van der Waals surface area contributed by atoms with Gasteiger partial charge in [0.05, 0.1) is 13.2 Å². The van der Waals surface area contributed by atoms with Crippen LogP contribution < -0.4 is 5.73 Å². The molecule has 0 amide bonds. The Labute approximate surface area is 113 Å². The average Bonchev–Trinajstić information content (AvgIpc) is 2.38. The predicted molar refractivity (Wildman–Crippen MR) is 77.5 cm³/mol. The van der Waals surface area contributed by atoms with Crippen molar-refractivity contribution in [2.45, 2.75) is 83.8 Å². The summed E-state index contributed by atoms with van der Waals surface area (Å²) in [5.41, 5.74) is 5.81. The van der Waals surface area contributed by atoms with Crippen molar-refractivity contribution >= 4 is 0 Å². The molecule has 0 aliphatic heterocycles. The molecule has 18 heavy (non-hydrogen) atoms. The molecular formula is C15H33NO2. The first-order chi connectivity index (χ1) is 8.68. The molecule has 0 fully saturated rings. The fourth-order valence-electron chi connectivity index (χ4n) is 2.22. The van der Waals surface area contributed by atoms with E-state index in [1.165, 1.54) is 38.5 Å². The van der Waals surface area contributed by atoms with Gasteiger partial charge < -0.3 is 15.6 Å². The van der Waals surface area contributed by atoms with Crippen LogP contribution in [0.25, 0.3) is 0 Å². The van der Waals surface area contributed by atoms with Crippen molar-refractivity contribution in [1.29, 1.82) is 0 Å². The molecule has 0 aliphatic rings. The van der Waals surface area contributed by atoms with Gasteiger partial charge >= 0.3 is 0 Å². The van der Waals surface area contributed by atoms with Gasteiger partial charge in [0, 0.05) is 0 Å². The molecular weight excluding hydrogens is 226 g/mol. The second-order valence-electron chi connectivity index (χ2n) is 5.26. The molecule has 0 atom stereocenters. The van der Waals surface area contributed by atoms with Crippen LogP contribution in [0.5, 0.6) is 0 Å². The first-order valence-corrected chi connectivity index (χ1v) is 7.72.